The molecule has 0 saturated heterocycles. The van der Waals surface area contributed by atoms with Crippen molar-refractivity contribution in [3.8, 4) is 6.07 Å². The average Bonchev–Trinajstić information content (AvgIpc) is 2.26. The van der Waals surface area contributed by atoms with Crippen LogP contribution < -0.4 is 11.1 Å². The highest BCUT2D eigenvalue weighted by Gasteiger charge is 2.11. The van der Waals surface area contributed by atoms with E-state index in [9.17, 15) is 9.18 Å². The standard InChI is InChI=1S/C10H10FN3O2/c11-7-3-6(4-12)1-2-8(7)14-5-9(15)10(13)16/h1-3,9,14-15H,5H2,(H2,13,16). The van der Waals surface area contributed by atoms with E-state index in [1.807, 2.05) is 0 Å². The van der Waals surface area contributed by atoms with E-state index < -0.39 is 17.8 Å². The molecule has 4 N–H and O–H groups in total. The summed E-state index contributed by atoms with van der Waals surface area (Å²) in [6.45, 7) is -0.182. The first-order valence-electron chi connectivity index (χ1n) is 4.45. The minimum Gasteiger partial charge on any atom is -0.381 e. The van der Waals surface area contributed by atoms with Gasteiger partial charge in [-0.3, -0.25) is 4.79 Å². The van der Waals surface area contributed by atoms with Crippen molar-refractivity contribution in [3.05, 3.63) is 29.6 Å². The predicted octanol–water partition coefficient (Wildman–Crippen LogP) is -0.0445. The maximum atomic E-state index is 13.3. The Hall–Kier alpha value is -2.13. The molecule has 0 aliphatic heterocycles. The van der Waals surface area contributed by atoms with E-state index in [-0.39, 0.29) is 17.8 Å². The van der Waals surface area contributed by atoms with Crippen LogP contribution in [0, 0.1) is 17.1 Å². The topological polar surface area (TPSA) is 99.1 Å². The van der Waals surface area contributed by atoms with Gasteiger partial charge in [0, 0.05) is 6.54 Å². The van der Waals surface area contributed by atoms with Crippen LogP contribution in [-0.2, 0) is 4.79 Å². The van der Waals surface area contributed by atoms with Crippen LogP contribution >= 0.6 is 0 Å². The number of hydrogen-bond donors (Lipinski definition) is 3. The van der Waals surface area contributed by atoms with Crippen molar-refractivity contribution < 1.29 is 14.3 Å². The maximum Gasteiger partial charge on any atom is 0.248 e. The van der Waals surface area contributed by atoms with Crippen LogP contribution in [0.15, 0.2) is 18.2 Å². The van der Waals surface area contributed by atoms with Gasteiger partial charge in [-0.15, -0.1) is 0 Å². The molecule has 0 spiro atoms. The molecule has 0 fully saturated rings. The van der Waals surface area contributed by atoms with Crippen molar-refractivity contribution in [2.24, 2.45) is 5.73 Å². The summed E-state index contributed by atoms with van der Waals surface area (Å²) in [5.41, 5.74) is 5.11. The molecule has 1 amide bonds. The van der Waals surface area contributed by atoms with Gasteiger partial charge >= 0.3 is 0 Å². The number of amides is 1. The molecule has 1 aromatic rings. The highest BCUT2D eigenvalue weighted by atomic mass is 19.1. The van der Waals surface area contributed by atoms with Crippen LogP contribution in [0.3, 0.4) is 0 Å². The third kappa shape index (κ3) is 2.93. The van der Waals surface area contributed by atoms with Gasteiger partial charge in [0.2, 0.25) is 5.91 Å². The Morgan fingerprint density at radius 3 is 2.88 bits per heavy atom. The number of nitrogens with zero attached hydrogens (tertiary/aromatic N) is 1. The van der Waals surface area contributed by atoms with Gasteiger partial charge in [-0.05, 0) is 18.2 Å². The van der Waals surface area contributed by atoms with Crippen molar-refractivity contribution in [1.82, 2.24) is 0 Å². The fourth-order valence-corrected chi connectivity index (χ4v) is 1.04. The molecule has 0 aromatic heterocycles. The summed E-state index contributed by atoms with van der Waals surface area (Å²) in [5.74, 6) is -1.52. The number of rotatable bonds is 4. The monoisotopic (exact) mass is 223 g/mol. The van der Waals surface area contributed by atoms with Crippen molar-refractivity contribution in [1.29, 1.82) is 5.26 Å². The van der Waals surface area contributed by atoms with Crippen molar-refractivity contribution >= 4 is 11.6 Å². The van der Waals surface area contributed by atoms with Crippen LogP contribution in [0.1, 0.15) is 5.56 Å². The Morgan fingerprint density at radius 1 is 1.69 bits per heavy atom. The predicted molar refractivity (Wildman–Crippen MR) is 54.8 cm³/mol. The van der Waals surface area contributed by atoms with Gasteiger partial charge in [0.25, 0.3) is 0 Å². The van der Waals surface area contributed by atoms with Crippen molar-refractivity contribution in [2.45, 2.75) is 6.10 Å². The second-order valence-corrected chi connectivity index (χ2v) is 3.11. The Balaban J connectivity index is 2.69. The molecule has 0 heterocycles. The molecule has 0 aliphatic carbocycles. The van der Waals surface area contributed by atoms with Crippen LogP contribution in [0.2, 0.25) is 0 Å². The lowest BCUT2D eigenvalue weighted by Gasteiger charge is -2.10. The summed E-state index contributed by atoms with van der Waals surface area (Å²) in [7, 11) is 0. The third-order valence-corrected chi connectivity index (χ3v) is 1.91. The normalized spacial score (nSPS) is 11.6. The summed E-state index contributed by atoms with van der Waals surface area (Å²) < 4.78 is 13.3. The number of carbonyl (C=O) groups excluding carboxylic acids is 1. The molecular weight excluding hydrogens is 213 g/mol. The zero-order valence-electron chi connectivity index (χ0n) is 8.27. The van der Waals surface area contributed by atoms with Crippen LogP contribution in [0.5, 0.6) is 0 Å². The summed E-state index contributed by atoms with van der Waals surface area (Å²) in [4.78, 5) is 10.5. The number of primary amides is 1. The highest BCUT2D eigenvalue weighted by Crippen LogP contribution is 2.15. The van der Waals surface area contributed by atoms with Gasteiger partial charge in [-0.2, -0.15) is 5.26 Å². The molecule has 0 bridgehead atoms. The van der Waals surface area contributed by atoms with Crippen molar-refractivity contribution in [2.75, 3.05) is 11.9 Å². The number of aliphatic hydroxyl groups is 1. The zero-order chi connectivity index (χ0) is 12.1. The fraction of sp³-hybridized carbons (Fsp3) is 0.200. The van der Waals surface area contributed by atoms with E-state index in [0.717, 1.165) is 6.07 Å². The largest absolute Gasteiger partial charge is 0.381 e. The molecular formula is C10H10FN3O2. The lowest BCUT2D eigenvalue weighted by molar-refractivity contribution is -0.125. The van der Waals surface area contributed by atoms with E-state index in [1.165, 1.54) is 12.1 Å². The number of aliphatic hydroxyl groups excluding tert-OH is 1. The summed E-state index contributed by atoms with van der Waals surface area (Å²) in [5, 5.41) is 20.1. The third-order valence-electron chi connectivity index (χ3n) is 1.91. The van der Waals surface area contributed by atoms with Gasteiger partial charge < -0.3 is 16.2 Å². The average molecular weight is 223 g/mol. The number of nitrogens with one attached hydrogen (secondary N) is 1. The second kappa shape index (κ2) is 5.09. The highest BCUT2D eigenvalue weighted by molar-refractivity contribution is 5.79. The Bertz CT molecular complexity index is 442. The fourth-order valence-electron chi connectivity index (χ4n) is 1.04. The van der Waals surface area contributed by atoms with Crippen LogP contribution in [0.4, 0.5) is 10.1 Å². The van der Waals surface area contributed by atoms with Gasteiger partial charge in [0.1, 0.15) is 11.9 Å². The number of halogens is 1. The quantitative estimate of drug-likeness (QED) is 0.666. The SMILES string of the molecule is N#Cc1ccc(NCC(O)C(N)=O)c(F)c1. The Kier molecular flexibility index (Phi) is 3.80. The minimum atomic E-state index is -1.38. The number of nitrogens with two attached hydrogens (primary N) is 1. The molecule has 1 unspecified atom stereocenters. The second-order valence-electron chi connectivity index (χ2n) is 3.11. The molecule has 0 radical (unpaired) electrons. The lowest BCUT2D eigenvalue weighted by Crippen LogP contribution is -2.34. The van der Waals surface area contributed by atoms with E-state index in [4.69, 9.17) is 16.1 Å². The first-order valence-corrected chi connectivity index (χ1v) is 4.45. The molecule has 1 rings (SSSR count). The van der Waals surface area contributed by atoms with Gasteiger partial charge in [-0.1, -0.05) is 0 Å². The molecule has 0 saturated carbocycles. The summed E-state index contributed by atoms with van der Waals surface area (Å²) in [6, 6.07) is 5.61. The van der Waals surface area contributed by atoms with Gasteiger partial charge in [-0.25, -0.2) is 4.39 Å². The molecule has 84 valence electrons. The molecule has 1 atom stereocenters. The Morgan fingerprint density at radius 2 is 2.38 bits per heavy atom. The number of anilines is 1. The van der Waals surface area contributed by atoms with E-state index in [0.29, 0.717) is 0 Å². The first-order chi connectivity index (χ1) is 7.54. The lowest BCUT2D eigenvalue weighted by atomic mass is 10.2. The maximum absolute atomic E-state index is 13.3. The smallest absolute Gasteiger partial charge is 0.248 e. The van der Waals surface area contributed by atoms with E-state index >= 15 is 0 Å². The van der Waals surface area contributed by atoms with Crippen LogP contribution in [-0.4, -0.2) is 23.7 Å². The minimum absolute atomic E-state index is 0.0966. The molecule has 6 heteroatoms. The summed E-state index contributed by atoms with van der Waals surface area (Å²) >= 11 is 0. The first kappa shape index (κ1) is 11.9. The number of nitriles is 1. The molecule has 5 nitrogen and oxygen atoms in total. The summed E-state index contributed by atoms with van der Waals surface area (Å²) in [6.07, 6.45) is -1.38. The molecule has 16 heavy (non-hydrogen) atoms. The molecule has 1 aromatic carbocycles. The number of benzene rings is 1. The van der Waals surface area contributed by atoms with Crippen LogP contribution in [0.25, 0.3) is 0 Å². The van der Waals surface area contributed by atoms with Gasteiger partial charge in [0.15, 0.2) is 0 Å². The number of carbonyl (C=O) groups is 1. The number of hydrogen-bond acceptors (Lipinski definition) is 4. The van der Waals surface area contributed by atoms with E-state index in [1.54, 1.807) is 6.07 Å². The van der Waals surface area contributed by atoms with E-state index in [2.05, 4.69) is 5.32 Å². The Labute approximate surface area is 91.3 Å². The van der Waals surface area contributed by atoms with Crippen molar-refractivity contribution in [3.63, 3.8) is 0 Å². The zero-order valence-corrected chi connectivity index (χ0v) is 8.27. The molecule has 0 aliphatic rings. The van der Waals surface area contributed by atoms with Gasteiger partial charge in [0.05, 0.1) is 17.3 Å².